The second-order valence-electron chi connectivity index (χ2n) is 6.34. The number of carbonyl (C=O) groups is 1. The SMILES string of the molecule is Nc1ccn([C@H]2CC[C@@H](COC#CCOCCOCCNC(=O)C(F)(F)F)O2)c(=O)n1. The Morgan fingerprint density at radius 2 is 2.10 bits per heavy atom. The standard InChI is InChI=1S/C18H23F3N4O6/c19-18(20,21)16(26)23-5-9-29-11-10-28-7-1-8-30-12-13-2-3-15(31-13)25-6-4-14(22)24-17(25)27/h4,6,13,15H,2-3,5,7,9-12H2,(H,23,26)(H2,22,24,27)/t13-,15+/m0/s1. The number of nitrogens with one attached hydrogen (secondary N) is 1. The third-order valence-corrected chi connectivity index (χ3v) is 4.00. The number of nitrogens with zero attached hydrogens (tertiary/aromatic N) is 2. The number of rotatable bonds is 10. The van der Waals surface area contributed by atoms with E-state index in [-0.39, 0.29) is 51.5 Å². The largest absolute Gasteiger partial charge is 0.471 e. The van der Waals surface area contributed by atoms with Crippen molar-refractivity contribution in [2.45, 2.75) is 31.3 Å². The number of alkyl halides is 3. The number of nitrogen functional groups attached to an aromatic ring is 1. The van der Waals surface area contributed by atoms with Gasteiger partial charge in [-0.3, -0.25) is 9.36 Å². The number of hydrogen-bond acceptors (Lipinski definition) is 8. The molecule has 31 heavy (non-hydrogen) atoms. The molecule has 2 heterocycles. The van der Waals surface area contributed by atoms with E-state index in [1.54, 1.807) is 5.32 Å². The van der Waals surface area contributed by atoms with E-state index >= 15 is 0 Å². The Morgan fingerprint density at radius 1 is 1.32 bits per heavy atom. The van der Waals surface area contributed by atoms with Gasteiger partial charge in [0.2, 0.25) is 0 Å². The van der Waals surface area contributed by atoms with Gasteiger partial charge < -0.3 is 30.0 Å². The second kappa shape index (κ2) is 12.1. The van der Waals surface area contributed by atoms with Gasteiger partial charge in [0, 0.05) is 12.7 Å². The van der Waals surface area contributed by atoms with Crippen molar-refractivity contribution >= 4 is 11.7 Å². The molecule has 0 saturated carbocycles. The van der Waals surface area contributed by atoms with E-state index in [0.29, 0.717) is 12.8 Å². The van der Waals surface area contributed by atoms with E-state index in [4.69, 9.17) is 24.7 Å². The van der Waals surface area contributed by atoms with E-state index in [9.17, 15) is 22.8 Å². The van der Waals surface area contributed by atoms with Gasteiger partial charge in [0.15, 0.2) is 0 Å². The highest BCUT2D eigenvalue weighted by molar-refractivity contribution is 5.81. The first-order valence-corrected chi connectivity index (χ1v) is 9.37. The zero-order valence-electron chi connectivity index (χ0n) is 16.5. The predicted octanol–water partition coefficient (Wildman–Crippen LogP) is 0.192. The maximum atomic E-state index is 11.9. The van der Waals surface area contributed by atoms with Crippen LogP contribution in [0.2, 0.25) is 0 Å². The van der Waals surface area contributed by atoms with Crippen LogP contribution in [0.25, 0.3) is 0 Å². The molecule has 0 bridgehead atoms. The molecule has 0 spiro atoms. The summed E-state index contributed by atoms with van der Waals surface area (Å²) >= 11 is 0. The summed E-state index contributed by atoms with van der Waals surface area (Å²) in [5.74, 6) is 0.783. The molecule has 1 aliphatic rings. The molecule has 0 aromatic carbocycles. The number of halogens is 3. The molecule has 1 fully saturated rings. The van der Waals surface area contributed by atoms with Crippen molar-refractivity contribution in [2.24, 2.45) is 0 Å². The van der Waals surface area contributed by atoms with E-state index in [1.807, 2.05) is 0 Å². The van der Waals surface area contributed by atoms with Gasteiger partial charge in [-0.15, -0.1) is 0 Å². The molecular formula is C18H23F3N4O6. The van der Waals surface area contributed by atoms with E-state index in [1.165, 1.54) is 16.8 Å². The molecule has 1 amide bonds. The molecule has 13 heteroatoms. The van der Waals surface area contributed by atoms with Gasteiger partial charge in [0.1, 0.15) is 31.4 Å². The third kappa shape index (κ3) is 8.83. The molecule has 3 N–H and O–H groups in total. The fraction of sp³-hybridized carbons (Fsp3) is 0.611. The minimum Gasteiger partial charge on any atom is -0.444 e. The van der Waals surface area contributed by atoms with Crippen molar-refractivity contribution in [1.29, 1.82) is 0 Å². The van der Waals surface area contributed by atoms with Gasteiger partial charge >= 0.3 is 17.8 Å². The van der Waals surface area contributed by atoms with Crippen LogP contribution in [0.1, 0.15) is 19.1 Å². The first kappa shape index (κ1) is 24.4. The first-order chi connectivity index (χ1) is 14.8. The zero-order chi connectivity index (χ0) is 22.7. The van der Waals surface area contributed by atoms with Gasteiger partial charge in [0.05, 0.1) is 25.9 Å². The summed E-state index contributed by atoms with van der Waals surface area (Å²) in [4.78, 5) is 26.0. The van der Waals surface area contributed by atoms with Crippen LogP contribution >= 0.6 is 0 Å². The Bertz CT molecular complexity index is 836. The third-order valence-electron chi connectivity index (χ3n) is 4.00. The fourth-order valence-corrected chi connectivity index (χ4v) is 2.55. The summed E-state index contributed by atoms with van der Waals surface area (Å²) in [5.41, 5.74) is 4.99. The van der Waals surface area contributed by atoms with Crippen molar-refractivity contribution in [3.63, 3.8) is 0 Å². The number of nitrogens with two attached hydrogens (primary N) is 1. The highest BCUT2D eigenvalue weighted by Gasteiger charge is 2.38. The van der Waals surface area contributed by atoms with Crippen LogP contribution < -0.4 is 16.7 Å². The second-order valence-corrected chi connectivity index (χ2v) is 6.34. The maximum Gasteiger partial charge on any atom is 0.471 e. The predicted molar refractivity (Wildman–Crippen MR) is 100 cm³/mol. The molecule has 10 nitrogen and oxygen atoms in total. The molecule has 172 valence electrons. The average Bonchev–Trinajstić information content (AvgIpc) is 3.16. The van der Waals surface area contributed by atoms with Crippen LogP contribution in [0, 0.1) is 12.0 Å². The number of ether oxygens (including phenoxy) is 4. The Kier molecular flexibility index (Phi) is 9.57. The number of anilines is 1. The highest BCUT2D eigenvalue weighted by Crippen LogP contribution is 2.27. The lowest BCUT2D eigenvalue weighted by atomic mass is 10.2. The van der Waals surface area contributed by atoms with Gasteiger partial charge in [-0.25, -0.2) is 4.79 Å². The molecule has 2 atom stereocenters. The minimum absolute atomic E-state index is 0.0685. The van der Waals surface area contributed by atoms with Crippen molar-refractivity contribution in [2.75, 3.05) is 45.3 Å². The van der Waals surface area contributed by atoms with E-state index in [0.717, 1.165) is 0 Å². The molecule has 1 aromatic rings. The number of carbonyl (C=O) groups excluding carboxylic acids is 1. The van der Waals surface area contributed by atoms with Gasteiger partial charge in [-0.1, -0.05) is 0 Å². The summed E-state index contributed by atoms with van der Waals surface area (Å²) in [5, 5.41) is 1.68. The quantitative estimate of drug-likeness (QED) is 0.384. The molecule has 1 aliphatic heterocycles. The molecule has 2 rings (SSSR count). The van der Waals surface area contributed by atoms with Crippen LogP contribution in [0.3, 0.4) is 0 Å². The van der Waals surface area contributed by atoms with Gasteiger partial charge in [-0.05, 0) is 24.8 Å². The van der Waals surface area contributed by atoms with Crippen LogP contribution in [-0.2, 0) is 23.7 Å². The Hall–Kier alpha value is -2.82. The summed E-state index contributed by atoms with van der Waals surface area (Å²) < 4.78 is 58.3. The average molecular weight is 448 g/mol. The van der Waals surface area contributed by atoms with Crippen LogP contribution in [0.4, 0.5) is 19.0 Å². The highest BCUT2D eigenvalue weighted by atomic mass is 19.4. The molecule has 0 unspecified atom stereocenters. The lowest BCUT2D eigenvalue weighted by Gasteiger charge is -2.14. The monoisotopic (exact) mass is 448 g/mol. The van der Waals surface area contributed by atoms with E-state index in [2.05, 4.69) is 17.0 Å². The molecule has 0 aliphatic carbocycles. The van der Waals surface area contributed by atoms with Crippen LogP contribution in [0.15, 0.2) is 17.1 Å². The molecular weight excluding hydrogens is 425 g/mol. The molecule has 1 saturated heterocycles. The zero-order valence-corrected chi connectivity index (χ0v) is 16.5. The smallest absolute Gasteiger partial charge is 0.444 e. The Balaban J connectivity index is 1.48. The van der Waals surface area contributed by atoms with Gasteiger partial charge in [0.25, 0.3) is 0 Å². The fourth-order valence-electron chi connectivity index (χ4n) is 2.55. The summed E-state index contributed by atoms with van der Waals surface area (Å²) in [6.45, 7) is 0.309. The van der Waals surface area contributed by atoms with Crippen molar-refractivity contribution in [3.8, 4) is 12.0 Å². The molecule has 1 aromatic heterocycles. The Morgan fingerprint density at radius 3 is 2.84 bits per heavy atom. The number of amides is 1. The van der Waals surface area contributed by atoms with E-state index < -0.39 is 24.0 Å². The minimum atomic E-state index is -4.90. The van der Waals surface area contributed by atoms with Crippen molar-refractivity contribution in [3.05, 3.63) is 22.7 Å². The summed E-state index contributed by atoms with van der Waals surface area (Å²) in [7, 11) is 0. The first-order valence-electron chi connectivity index (χ1n) is 9.37. The van der Waals surface area contributed by atoms with Gasteiger partial charge in [-0.2, -0.15) is 18.2 Å². The van der Waals surface area contributed by atoms with Crippen molar-refractivity contribution < 1.29 is 36.9 Å². The molecule has 0 radical (unpaired) electrons. The lowest BCUT2D eigenvalue weighted by molar-refractivity contribution is -0.173. The summed E-state index contributed by atoms with van der Waals surface area (Å²) in [6, 6.07) is 1.52. The lowest BCUT2D eigenvalue weighted by Crippen LogP contribution is -2.38. The number of hydrogen-bond donors (Lipinski definition) is 2. The van der Waals surface area contributed by atoms with Crippen molar-refractivity contribution in [1.82, 2.24) is 14.9 Å². The topological polar surface area (TPSA) is 127 Å². The normalized spacial score (nSPS) is 18.3. The Labute approximate surface area is 175 Å². The maximum absolute atomic E-state index is 11.9. The van der Waals surface area contributed by atoms with Crippen LogP contribution in [0.5, 0.6) is 0 Å². The number of aromatic nitrogens is 2. The summed E-state index contributed by atoms with van der Waals surface area (Å²) in [6.07, 6.45) is -0.190. The van der Waals surface area contributed by atoms with Crippen LogP contribution in [-0.4, -0.2) is 67.3 Å².